The first kappa shape index (κ1) is 21.9. The van der Waals surface area contributed by atoms with E-state index in [4.69, 9.17) is 15.2 Å². The number of carbonyl (C=O) groups is 1. The Bertz CT molecular complexity index is 467. The molecule has 1 amide bonds. The van der Waals surface area contributed by atoms with Gasteiger partial charge in [0.1, 0.15) is 0 Å². The minimum absolute atomic E-state index is 0. The zero-order chi connectivity index (χ0) is 16.5. The van der Waals surface area contributed by atoms with Crippen LogP contribution in [-0.4, -0.2) is 31.3 Å². The molecule has 1 aromatic carbocycles. The second kappa shape index (κ2) is 11.4. The number of hydrogen-bond acceptors (Lipinski definition) is 4. The summed E-state index contributed by atoms with van der Waals surface area (Å²) in [5, 5.41) is 2.88. The minimum Gasteiger partial charge on any atom is -0.376 e. The van der Waals surface area contributed by atoms with Crippen molar-refractivity contribution < 1.29 is 14.3 Å². The molecule has 0 aliphatic heterocycles. The van der Waals surface area contributed by atoms with Gasteiger partial charge in [0.25, 0.3) is 0 Å². The van der Waals surface area contributed by atoms with Crippen LogP contribution in [0.4, 0.5) is 5.69 Å². The monoisotopic (exact) mass is 344 g/mol. The van der Waals surface area contributed by atoms with Crippen LogP contribution < -0.4 is 11.1 Å². The molecule has 2 atom stereocenters. The Kier molecular flexibility index (Phi) is 10.8. The standard InChI is InChI=1S/C17H28N2O3.ClH/c1-12(2)22-9-8-21-11-15-6-5-7-16(10-15)19-17(20)13(3)14(4)18;/h5-7,10,12-14H,8-9,11,18H2,1-4H3,(H,19,20);1H. The van der Waals surface area contributed by atoms with Crippen molar-refractivity contribution in [2.45, 2.75) is 46.4 Å². The van der Waals surface area contributed by atoms with E-state index in [-0.39, 0.29) is 36.4 Å². The maximum absolute atomic E-state index is 12.0. The topological polar surface area (TPSA) is 73.6 Å². The second-order valence-corrected chi connectivity index (χ2v) is 5.81. The highest BCUT2D eigenvalue weighted by Gasteiger charge is 2.16. The van der Waals surface area contributed by atoms with E-state index in [1.807, 2.05) is 52.0 Å². The molecular weight excluding hydrogens is 316 g/mol. The molecule has 5 nitrogen and oxygen atoms in total. The van der Waals surface area contributed by atoms with Crippen molar-refractivity contribution in [2.24, 2.45) is 11.7 Å². The molecule has 1 rings (SSSR count). The molecule has 0 heterocycles. The lowest BCUT2D eigenvalue weighted by atomic mass is 10.0. The maximum Gasteiger partial charge on any atom is 0.228 e. The molecule has 3 N–H and O–H groups in total. The van der Waals surface area contributed by atoms with E-state index in [1.165, 1.54) is 0 Å². The Morgan fingerprint density at radius 2 is 1.91 bits per heavy atom. The summed E-state index contributed by atoms with van der Waals surface area (Å²) < 4.78 is 11.0. The van der Waals surface area contributed by atoms with Gasteiger partial charge < -0.3 is 20.5 Å². The molecule has 0 saturated carbocycles. The van der Waals surface area contributed by atoms with Gasteiger partial charge in [0.15, 0.2) is 0 Å². The van der Waals surface area contributed by atoms with Crippen LogP contribution in [0, 0.1) is 5.92 Å². The largest absolute Gasteiger partial charge is 0.376 e. The molecule has 0 radical (unpaired) electrons. The molecule has 0 spiro atoms. The quantitative estimate of drug-likeness (QED) is 0.675. The lowest BCUT2D eigenvalue weighted by Gasteiger charge is -2.15. The molecule has 0 saturated heterocycles. The van der Waals surface area contributed by atoms with Crippen molar-refractivity contribution in [3.63, 3.8) is 0 Å². The summed E-state index contributed by atoms with van der Waals surface area (Å²) in [7, 11) is 0. The number of benzene rings is 1. The molecule has 1 aromatic rings. The summed E-state index contributed by atoms with van der Waals surface area (Å²) in [6.45, 7) is 9.27. The van der Waals surface area contributed by atoms with Gasteiger partial charge in [-0.25, -0.2) is 0 Å². The zero-order valence-corrected chi connectivity index (χ0v) is 15.2. The van der Waals surface area contributed by atoms with Crippen molar-refractivity contribution in [3.8, 4) is 0 Å². The molecule has 2 unspecified atom stereocenters. The Labute approximate surface area is 145 Å². The Morgan fingerprint density at radius 3 is 2.52 bits per heavy atom. The third kappa shape index (κ3) is 8.91. The summed E-state index contributed by atoms with van der Waals surface area (Å²) in [5.41, 5.74) is 7.51. The fourth-order valence-corrected chi connectivity index (χ4v) is 1.77. The van der Waals surface area contributed by atoms with Gasteiger partial charge in [-0.3, -0.25) is 4.79 Å². The SMILES string of the molecule is CC(C)OCCOCc1cccc(NC(=O)C(C)C(C)N)c1.Cl. The van der Waals surface area contributed by atoms with Crippen molar-refractivity contribution in [2.75, 3.05) is 18.5 Å². The fourth-order valence-electron chi connectivity index (χ4n) is 1.77. The van der Waals surface area contributed by atoms with Gasteiger partial charge in [-0.05, 0) is 38.5 Å². The number of halogens is 1. The maximum atomic E-state index is 12.0. The molecule has 0 aromatic heterocycles. The first-order valence-corrected chi connectivity index (χ1v) is 7.75. The third-order valence-electron chi connectivity index (χ3n) is 3.34. The van der Waals surface area contributed by atoms with E-state index in [0.717, 1.165) is 11.3 Å². The first-order valence-electron chi connectivity index (χ1n) is 7.75. The van der Waals surface area contributed by atoms with E-state index < -0.39 is 0 Å². The Balaban J connectivity index is 0.00000484. The smallest absolute Gasteiger partial charge is 0.228 e. The fraction of sp³-hybridized carbons (Fsp3) is 0.588. The lowest BCUT2D eigenvalue weighted by Crippen LogP contribution is -2.34. The number of anilines is 1. The molecule has 0 aliphatic rings. The molecular formula is C17H29ClN2O3. The number of amides is 1. The van der Waals surface area contributed by atoms with Crippen molar-refractivity contribution in [1.29, 1.82) is 0 Å². The molecule has 0 bridgehead atoms. The normalized spacial score (nSPS) is 13.3. The summed E-state index contributed by atoms with van der Waals surface area (Å²) >= 11 is 0. The molecule has 0 aliphatic carbocycles. The lowest BCUT2D eigenvalue weighted by molar-refractivity contribution is -0.119. The number of carbonyl (C=O) groups excluding carboxylic acids is 1. The third-order valence-corrected chi connectivity index (χ3v) is 3.34. The zero-order valence-electron chi connectivity index (χ0n) is 14.4. The average Bonchev–Trinajstić information content (AvgIpc) is 2.46. The highest BCUT2D eigenvalue weighted by Crippen LogP contribution is 2.13. The number of rotatable bonds is 9. The number of ether oxygens (including phenoxy) is 2. The van der Waals surface area contributed by atoms with Crippen LogP contribution in [0.25, 0.3) is 0 Å². The molecule has 0 fully saturated rings. The van der Waals surface area contributed by atoms with Gasteiger partial charge >= 0.3 is 0 Å². The second-order valence-electron chi connectivity index (χ2n) is 5.81. The highest BCUT2D eigenvalue weighted by atomic mass is 35.5. The van der Waals surface area contributed by atoms with Gasteiger partial charge in [0, 0.05) is 11.7 Å². The van der Waals surface area contributed by atoms with E-state index in [9.17, 15) is 4.79 Å². The highest BCUT2D eigenvalue weighted by molar-refractivity contribution is 5.92. The summed E-state index contributed by atoms with van der Waals surface area (Å²) in [6, 6.07) is 7.46. The van der Waals surface area contributed by atoms with Crippen LogP contribution in [0.15, 0.2) is 24.3 Å². The van der Waals surface area contributed by atoms with Crippen molar-refractivity contribution >= 4 is 24.0 Å². The minimum atomic E-state index is -0.229. The van der Waals surface area contributed by atoms with Crippen LogP contribution in [0.5, 0.6) is 0 Å². The van der Waals surface area contributed by atoms with Crippen molar-refractivity contribution in [1.82, 2.24) is 0 Å². The number of hydrogen-bond donors (Lipinski definition) is 2. The van der Waals surface area contributed by atoms with E-state index in [1.54, 1.807) is 0 Å². The van der Waals surface area contributed by atoms with Crippen LogP contribution in [0.2, 0.25) is 0 Å². The van der Waals surface area contributed by atoms with E-state index in [0.29, 0.717) is 19.8 Å². The molecule has 23 heavy (non-hydrogen) atoms. The van der Waals surface area contributed by atoms with Gasteiger partial charge in [-0.2, -0.15) is 0 Å². The predicted octanol–water partition coefficient (Wildman–Crippen LogP) is 2.97. The van der Waals surface area contributed by atoms with Gasteiger partial charge in [-0.1, -0.05) is 19.1 Å². The van der Waals surface area contributed by atoms with E-state index in [2.05, 4.69) is 5.32 Å². The first-order chi connectivity index (χ1) is 10.4. The van der Waals surface area contributed by atoms with Crippen LogP contribution in [0.1, 0.15) is 33.3 Å². The molecule has 132 valence electrons. The summed E-state index contributed by atoms with van der Waals surface area (Å²) in [5.74, 6) is -0.300. The summed E-state index contributed by atoms with van der Waals surface area (Å²) in [4.78, 5) is 12.0. The van der Waals surface area contributed by atoms with Crippen LogP contribution >= 0.6 is 12.4 Å². The van der Waals surface area contributed by atoms with Gasteiger partial charge in [-0.15, -0.1) is 12.4 Å². The van der Waals surface area contributed by atoms with Gasteiger partial charge in [0.05, 0.1) is 31.8 Å². The van der Waals surface area contributed by atoms with E-state index >= 15 is 0 Å². The van der Waals surface area contributed by atoms with Gasteiger partial charge in [0.2, 0.25) is 5.91 Å². The van der Waals surface area contributed by atoms with Crippen LogP contribution in [0.3, 0.4) is 0 Å². The number of nitrogens with one attached hydrogen (secondary N) is 1. The average molecular weight is 345 g/mol. The number of nitrogens with two attached hydrogens (primary N) is 1. The van der Waals surface area contributed by atoms with Crippen molar-refractivity contribution in [3.05, 3.63) is 29.8 Å². The van der Waals surface area contributed by atoms with Crippen LogP contribution in [-0.2, 0) is 20.9 Å². The molecule has 6 heteroatoms. The Morgan fingerprint density at radius 1 is 1.22 bits per heavy atom. The predicted molar refractivity (Wildman–Crippen MR) is 95.9 cm³/mol. The Hall–Kier alpha value is -1.14. The summed E-state index contributed by atoms with van der Waals surface area (Å²) in [6.07, 6.45) is 0.217.